The highest BCUT2D eigenvalue weighted by Crippen LogP contribution is 2.49. The fourth-order valence-electron chi connectivity index (χ4n) is 6.39. The van der Waals surface area contributed by atoms with Crippen molar-refractivity contribution in [1.29, 1.82) is 0 Å². The Bertz CT molecular complexity index is 1260. The van der Waals surface area contributed by atoms with Gasteiger partial charge in [-0.3, -0.25) is 0 Å². The normalized spacial score (nSPS) is 18.2. The number of benzene rings is 2. The highest BCUT2D eigenvalue weighted by atomic mass is 16.6. The van der Waals surface area contributed by atoms with Gasteiger partial charge >= 0.3 is 0 Å². The third kappa shape index (κ3) is 10.1. The van der Waals surface area contributed by atoms with Gasteiger partial charge in [-0.1, -0.05) is 121 Å². The van der Waals surface area contributed by atoms with E-state index in [2.05, 4.69) is 121 Å². The first-order chi connectivity index (χ1) is 23.8. The van der Waals surface area contributed by atoms with E-state index in [9.17, 15) is 0 Å². The van der Waals surface area contributed by atoms with E-state index in [0.29, 0.717) is 39.6 Å². The van der Waals surface area contributed by atoms with Crippen molar-refractivity contribution in [1.82, 2.24) is 0 Å². The quantitative estimate of drug-likeness (QED) is 0.0896. The van der Waals surface area contributed by atoms with Gasteiger partial charge in [0.2, 0.25) is 0 Å². The third-order valence-corrected chi connectivity index (χ3v) is 12.4. The van der Waals surface area contributed by atoms with Gasteiger partial charge in [-0.2, -0.15) is 0 Å². The second-order valence-electron chi connectivity index (χ2n) is 18.1. The number of hydrogen-bond acceptors (Lipinski definition) is 6. The molecule has 0 N–H and O–H groups in total. The first-order valence-electron chi connectivity index (χ1n) is 19.9. The Hall–Kier alpha value is -2.12. The summed E-state index contributed by atoms with van der Waals surface area (Å²) in [6, 6.07) is 9.81. The van der Waals surface area contributed by atoms with Crippen molar-refractivity contribution >= 4 is 0 Å². The molecule has 2 saturated heterocycles. The SMILES string of the molecule is CCC(C)(C)c1cc(C(C)(C)c2cc(C(C)(C)CC)c(OCCOCC3CO3)c(C(C)(C)CC)c2)cc(C(C)(C)CC)c1OCCOCC1CO1. The first kappa shape index (κ1) is 41.6. The average Bonchev–Trinajstić information content (AvgIpc) is 4.04. The molecule has 4 rings (SSSR count). The summed E-state index contributed by atoms with van der Waals surface area (Å²) in [5.74, 6) is 2.05. The van der Waals surface area contributed by atoms with Crippen LogP contribution in [0.1, 0.15) is 156 Å². The minimum absolute atomic E-state index is 0.0845. The second kappa shape index (κ2) is 16.5. The predicted molar refractivity (Wildman–Crippen MR) is 210 cm³/mol. The lowest BCUT2D eigenvalue weighted by molar-refractivity contribution is 0.0865. The van der Waals surface area contributed by atoms with Crippen molar-refractivity contribution in [2.75, 3.05) is 52.9 Å². The lowest BCUT2D eigenvalue weighted by atomic mass is 9.68. The van der Waals surface area contributed by atoms with Crippen LogP contribution in [0.25, 0.3) is 0 Å². The van der Waals surface area contributed by atoms with Crippen molar-refractivity contribution in [2.45, 2.75) is 162 Å². The van der Waals surface area contributed by atoms with E-state index in [-0.39, 0.29) is 39.3 Å². The molecular formula is C45H72O6. The van der Waals surface area contributed by atoms with Gasteiger partial charge in [0, 0.05) is 27.7 Å². The Morgan fingerprint density at radius 3 is 1.00 bits per heavy atom. The molecule has 2 unspecified atom stereocenters. The third-order valence-electron chi connectivity index (χ3n) is 12.4. The maximum atomic E-state index is 6.76. The maximum absolute atomic E-state index is 6.76. The van der Waals surface area contributed by atoms with Crippen LogP contribution in [0.3, 0.4) is 0 Å². The Morgan fingerprint density at radius 1 is 0.490 bits per heavy atom. The van der Waals surface area contributed by atoms with Crippen LogP contribution >= 0.6 is 0 Å². The smallest absolute Gasteiger partial charge is 0.126 e. The van der Waals surface area contributed by atoms with E-state index < -0.39 is 0 Å². The van der Waals surface area contributed by atoms with Crippen LogP contribution in [-0.2, 0) is 46.0 Å². The molecule has 6 heteroatoms. The molecular weight excluding hydrogens is 636 g/mol. The van der Waals surface area contributed by atoms with Crippen LogP contribution in [0, 0.1) is 0 Å². The van der Waals surface area contributed by atoms with Crippen molar-refractivity contribution in [2.24, 2.45) is 0 Å². The zero-order chi connectivity index (χ0) is 37.8. The molecule has 0 aliphatic carbocycles. The summed E-state index contributed by atoms with van der Waals surface area (Å²) < 4.78 is 36.0. The van der Waals surface area contributed by atoms with Crippen LogP contribution in [0.5, 0.6) is 11.5 Å². The van der Waals surface area contributed by atoms with Crippen LogP contribution < -0.4 is 9.47 Å². The minimum atomic E-state index is -0.300. The summed E-state index contributed by atoms with van der Waals surface area (Å²) in [5.41, 5.74) is 7.09. The largest absolute Gasteiger partial charge is 0.491 e. The zero-order valence-electron chi connectivity index (χ0n) is 34.9. The van der Waals surface area contributed by atoms with Crippen molar-refractivity contribution in [3.8, 4) is 11.5 Å². The van der Waals surface area contributed by atoms with Gasteiger partial charge in [0.1, 0.15) is 36.9 Å². The summed E-state index contributed by atoms with van der Waals surface area (Å²) in [4.78, 5) is 0. The number of epoxide rings is 2. The molecule has 2 aromatic carbocycles. The summed E-state index contributed by atoms with van der Waals surface area (Å²) in [6.45, 7) is 37.8. The molecule has 2 aliphatic rings. The standard InChI is InChI=1S/C45H72O6/c1-15-41(5,6)35-23-31(24-36(42(7,8)16-2)39(35)48-21-19-46-27-33-29-50-33)45(13,14)32-25-37(43(9,10)17-3)40(38(26-32)44(11,12)18-4)49-22-20-47-28-34-30-51-34/h23-26,33-34H,15-22,27-30H2,1-14H3. The second-order valence-corrected chi connectivity index (χ2v) is 18.1. The molecule has 0 radical (unpaired) electrons. The van der Waals surface area contributed by atoms with E-state index in [1.165, 1.54) is 33.4 Å². The van der Waals surface area contributed by atoms with Gasteiger partial charge in [0.05, 0.1) is 39.6 Å². The number of rotatable bonds is 22. The summed E-state index contributed by atoms with van der Waals surface area (Å²) in [5, 5.41) is 0. The summed E-state index contributed by atoms with van der Waals surface area (Å²) in [7, 11) is 0. The molecule has 2 fully saturated rings. The van der Waals surface area contributed by atoms with Crippen LogP contribution in [0.2, 0.25) is 0 Å². The molecule has 6 nitrogen and oxygen atoms in total. The van der Waals surface area contributed by atoms with Gasteiger partial charge in [-0.15, -0.1) is 0 Å². The van der Waals surface area contributed by atoms with Crippen molar-refractivity contribution in [3.63, 3.8) is 0 Å². The molecule has 0 bridgehead atoms. The van der Waals surface area contributed by atoms with Crippen LogP contribution in [0.15, 0.2) is 24.3 Å². The predicted octanol–water partition coefficient (Wildman–Crippen LogP) is 10.4. The Morgan fingerprint density at radius 2 is 0.765 bits per heavy atom. The minimum Gasteiger partial charge on any atom is -0.491 e. The van der Waals surface area contributed by atoms with E-state index >= 15 is 0 Å². The fraction of sp³-hybridized carbons (Fsp3) is 0.733. The van der Waals surface area contributed by atoms with Gasteiger partial charge in [-0.05, 0) is 58.5 Å². The average molecular weight is 709 g/mol. The molecule has 0 amide bonds. The summed E-state index contributed by atoms with van der Waals surface area (Å²) in [6.07, 6.45) is 4.52. The maximum Gasteiger partial charge on any atom is 0.126 e. The number of hydrogen-bond donors (Lipinski definition) is 0. The van der Waals surface area contributed by atoms with Crippen molar-refractivity contribution < 1.29 is 28.4 Å². The lowest BCUT2D eigenvalue weighted by Crippen LogP contribution is -2.29. The molecule has 0 saturated carbocycles. The molecule has 2 aliphatic heterocycles. The molecule has 2 aromatic rings. The van der Waals surface area contributed by atoms with E-state index in [0.717, 1.165) is 50.4 Å². The van der Waals surface area contributed by atoms with Gasteiger partial charge in [-0.25, -0.2) is 0 Å². The molecule has 0 spiro atoms. The molecule has 0 aromatic heterocycles. The molecule has 2 atom stereocenters. The van der Waals surface area contributed by atoms with Gasteiger partial charge < -0.3 is 28.4 Å². The van der Waals surface area contributed by atoms with Gasteiger partial charge in [0.25, 0.3) is 0 Å². The Kier molecular flexibility index (Phi) is 13.5. The topological polar surface area (TPSA) is 62.0 Å². The first-order valence-corrected chi connectivity index (χ1v) is 19.9. The highest BCUT2D eigenvalue weighted by molar-refractivity contribution is 5.58. The van der Waals surface area contributed by atoms with E-state index in [4.69, 9.17) is 28.4 Å². The van der Waals surface area contributed by atoms with Crippen LogP contribution in [-0.4, -0.2) is 65.1 Å². The van der Waals surface area contributed by atoms with Gasteiger partial charge in [0.15, 0.2) is 0 Å². The Labute approximate surface area is 311 Å². The molecule has 51 heavy (non-hydrogen) atoms. The molecule has 2 heterocycles. The van der Waals surface area contributed by atoms with E-state index in [1.54, 1.807) is 0 Å². The number of ether oxygens (including phenoxy) is 6. The monoisotopic (exact) mass is 709 g/mol. The van der Waals surface area contributed by atoms with Crippen LogP contribution in [0.4, 0.5) is 0 Å². The Balaban J connectivity index is 1.86. The lowest BCUT2D eigenvalue weighted by Gasteiger charge is -2.38. The fourth-order valence-corrected chi connectivity index (χ4v) is 6.39. The highest BCUT2D eigenvalue weighted by Gasteiger charge is 2.38. The summed E-state index contributed by atoms with van der Waals surface area (Å²) >= 11 is 0. The molecule has 288 valence electrons. The van der Waals surface area contributed by atoms with E-state index in [1.807, 2.05) is 0 Å². The van der Waals surface area contributed by atoms with Crippen molar-refractivity contribution in [3.05, 3.63) is 57.6 Å². The zero-order valence-corrected chi connectivity index (χ0v) is 34.9.